The van der Waals surface area contributed by atoms with Crippen LogP contribution in [-0.4, -0.2) is 66.7 Å². The van der Waals surface area contributed by atoms with Crippen LogP contribution in [0.25, 0.3) is 0 Å². The number of aliphatic hydroxyl groups is 4. The second kappa shape index (κ2) is 4.71. The Kier molecular flexibility index (Phi) is 4.07. The highest BCUT2D eigenvalue weighted by Gasteiger charge is 2.42. The molecule has 7 heteroatoms. The average molecular weight is 317 g/mol. The molecule has 0 spiro atoms. The number of rotatable bonds is 1. The topological polar surface area (TPSA) is 101 Å². The van der Waals surface area contributed by atoms with E-state index in [1.54, 1.807) is 0 Å². The highest BCUT2D eigenvalue weighted by molar-refractivity contribution is 14.1. The van der Waals surface area contributed by atoms with E-state index in [0.717, 1.165) is 4.90 Å². The first kappa shape index (κ1) is 12.1. The van der Waals surface area contributed by atoms with Crippen LogP contribution in [0.4, 0.5) is 4.79 Å². The predicted molar refractivity (Wildman–Crippen MR) is 55.0 cm³/mol. The lowest BCUT2D eigenvalue weighted by molar-refractivity contribution is -0.130. The second-order valence-electron chi connectivity index (χ2n) is 3.20. The van der Waals surface area contributed by atoms with Crippen LogP contribution in [0.5, 0.6) is 0 Å². The van der Waals surface area contributed by atoms with Crippen molar-refractivity contribution in [1.82, 2.24) is 4.90 Å². The van der Waals surface area contributed by atoms with Gasteiger partial charge in [-0.1, -0.05) is 0 Å². The Morgan fingerprint density at radius 2 is 1.93 bits per heavy atom. The average Bonchev–Trinajstić information content (AvgIpc) is 2.13. The monoisotopic (exact) mass is 317 g/mol. The van der Waals surface area contributed by atoms with Gasteiger partial charge in [0.2, 0.25) is 0 Å². The standard InChI is InChI=1S/C7H12INO5/c8-7(14)9-1-4(11)6(13)5(12)3(9)2-10/h3-6,10-13H,1-2H2/t3-,4+,5-,6-/m1/s1. The van der Waals surface area contributed by atoms with Crippen LogP contribution >= 0.6 is 22.6 Å². The molecule has 0 saturated carbocycles. The first-order chi connectivity index (χ1) is 6.49. The number of carbonyl (C=O) groups excluding carboxylic acids is 1. The van der Waals surface area contributed by atoms with Crippen molar-refractivity contribution in [1.29, 1.82) is 0 Å². The normalized spacial score (nSPS) is 38.5. The summed E-state index contributed by atoms with van der Waals surface area (Å²) in [5.74, 6) is 0. The molecule has 0 unspecified atom stereocenters. The lowest BCUT2D eigenvalue weighted by Crippen LogP contribution is -2.62. The molecular formula is C7H12INO5. The van der Waals surface area contributed by atoms with Gasteiger partial charge in [0, 0.05) is 22.6 Å². The summed E-state index contributed by atoms with van der Waals surface area (Å²) in [6.07, 6.45) is -3.81. The lowest BCUT2D eigenvalue weighted by atomic mass is 9.95. The number of hydrogen-bond donors (Lipinski definition) is 4. The Labute approximate surface area is 94.3 Å². The van der Waals surface area contributed by atoms with Crippen molar-refractivity contribution < 1.29 is 25.2 Å². The van der Waals surface area contributed by atoms with Gasteiger partial charge in [0.05, 0.1) is 19.2 Å². The fraction of sp³-hybridized carbons (Fsp3) is 0.857. The van der Waals surface area contributed by atoms with E-state index in [9.17, 15) is 20.1 Å². The van der Waals surface area contributed by atoms with E-state index < -0.39 is 31.0 Å². The molecule has 0 aromatic rings. The first-order valence-corrected chi connectivity index (χ1v) is 5.18. The third-order valence-corrected chi connectivity index (χ3v) is 2.95. The van der Waals surface area contributed by atoms with Crippen molar-refractivity contribution in [3.63, 3.8) is 0 Å². The molecule has 82 valence electrons. The first-order valence-electron chi connectivity index (χ1n) is 4.10. The smallest absolute Gasteiger partial charge is 0.283 e. The highest BCUT2D eigenvalue weighted by Crippen LogP contribution is 2.20. The minimum atomic E-state index is -1.32. The SMILES string of the molecule is O=C(I)N1C[C@H](O)[C@@H](O)[C@H](O)[C@H]1CO. The number of aliphatic hydroxyl groups excluding tert-OH is 4. The molecule has 1 aliphatic rings. The van der Waals surface area contributed by atoms with Crippen LogP contribution in [0, 0.1) is 0 Å². The zero-order valence-electron chi connectivity index (χ0n) is 7.25. The molecule has 1 saturated heterocycles. The predicted octanol–water partition coefficient (Wildman–Crippen LogP) is -1.70. The quantitative estimate of drug-likeness (QED) is 0.262. The number of amides is 1. The molecule has 6 nitrogen and oxygen atoms in total. The Morgan fingerprint density at radius 3 is 2.36 bits per heavy atom. The van der Waals surface area contributed by atoms with Crippen molar-refractivity contribution >= 4 is 26.5 Å². The lowest BCUT2D eigenvalue weighted by Gasteiger charge is -2.42. The summed E-state index contributed by atoms with van der Waals surface area (Å²) < 4.78 is -0.383. The molecule has 1 fully saturated rings. The third kappa shape index (κ3) is 2.16. The molecular weight excluding hydrogens is 305 g/mol. The molecule has 4 N–H and O–H groups in total. The van der Waals surface area contributed by atoms with E-state index in [0.29, 0.717) is 0 Å². The summed E-state index contributed by atoms with van der Waals surface area (Å²) in [7, 11) is 0. The van der Waals surface area contributed by atoms with Crippen molar-refractivity contribution in [3.8, 4) is 0 Å². The third-order valence-electron chi connectivity index (χ3n) is 2.34. The minimum Gasteiger partial charge on any atom is -0.394 e. The fourth-order valence-electron chi connectivity index (χ4n) is 1.49. The summed E-state index contributed by atoms with van der Waals surface area (Å²) >= 11 is 1.50. The summed E-state index contributed by atoms with van der Waals surface area (Å²) in [5.41, 5.74) is 0. The maximum atomic E-state index is 11.1. The molecule has 0 aromatic carbocycles. The van der Waals surface area contributed by atoms with Crippen molar-refractivity contribution in [3.05, 3.63) is 0 Å². The van der Waals surface area contributed by atoms with Crippen LogP contribution in [0.1, 0.15) is 0 Å². The molecule has 4 atom stereocenters. The van der Waals surface area contributed by atoms with E-state index in [4.69, 9.17) is 5.11 Å². The van der Waals surface area contributed by atoms with Gasteiger partial charge < -0.3 is 25.3 Å². The molecule has 1 amide bonds. The molecule has 0 radical (unpaired) electrons. The van der Waals surface area contributed by atoms with Crippen LogP contribution in [0.3, 0.4) is 0 Å². The van der Waals surface area contributed by atoms with Gasteiger partial charge >= 0.3 is 0 Å². The largest absolute Gasteiger partial charge is 0.394 e. The van der Waals surface area contributed by atoms with Crippen molar-refractivity contribution in [2.24, 2.45) is 0 Å². The van der Waals surface area contributed by atoms with E-state index in [-0.39, 0.29) is 10.5 Å². The van der Waals surface area contributed by atoms with Gasteiger partial charge in [-0.15, -0.1) is 0 Å². The van der Waals surface area contributed by atoms with E-state index in [1.807, 2.05) is 0 Å². The van der Waals surface area contributed by atoms with Crippen LogP contribution in [0.15, 0.2) is 0 Å². The number of β-amino-alcohol motifs (C(OH)–C–C–N with tert-alkyl or cyclic N) is 1. The molecule has 0 aromatic heterocycles. The van der Waals surface area contributed by atoms with E-state index in [1.165, 1.54) is 22.6 Å². The summed E-state index contributed by atoms with van der Waals surface area (Å²) in [5, 5.41) is 37.0. The Balaban J connectivity index is 2.82. The molecule has 1 rings (SSSR count). The van der Waals surface area contributed by atoms with Crippen molar-refractivity contribution in [2.45, 2.75) is 24.4 Å². The maximum Gasteiger partial charge on any atom is 0.283 e. The van der Waals surface area contributed by atoms with Crippen molar-refractivity contribution in [2.75, 3.05) is 13.2 Å². The molecule has 0 aliphatic carbocycles. The van der Waals surface area contributed by atoms with Crippen LogP contribution in [-0.2, 0) is 0 Å². The Bertz CT molecular complexity index is 226. The van der Waals surface area contributed by atoms with Gasteiger partial charge in [0.25, 0.3) is 3.91 Å². The van der Waals surface area contributed by atoms with Crippen LogP contribution in [0.2, 0.25) is 0 Å². The number of piperidine rings is 1. The van der Waals surface area contributed by atoms with E-state index >= 15 is 0 Å². The van der Waals surface area contributed by atoms with Gasteiger partial charge in [-0.25, -0.2) is 0 Å². The zero-order valence-corrected chi connectivity index (χ0v) is 9.40. The molecule has 1 heterocycles. The molecule has 14 heavy (non-hydrogen) atoms. The Hall–Kier alpha value is 0.0400. The number of hydrogen-bond acceptors (Lipinski definition) is 5. The highest BCUT2D eigenvalue weighted by atomic mass is 127. The number of nitrogens with zero attached hydrogens (tertiary/aromatic N) is 1. The van der Waals surface area contributed by atoms with Crippen LogP contribution < -0.4 is 0 Å². The van der Waals surface area contributed by atoms with Gasteiger partial charge in [-0.05, 0) is 0 Å². The zero-order chi connectivity index (χ0) is 10.9. The molecule has 1 aliphatic heterocycles. The summed E-state index contributed by atoms with van der Waals surface area (Å²) in [6, 6.07) is -0.849. The van der Waals surface area contributed by atoms with E-state index in [2.05, 4.69) is 0 Å². The fourth-order valence-corrected chi connectivity index (χ4v) is 2.05. The Morgan fingerprint density at radius 1 is 1.36 bits per heavy atom. The molecule has 0 bridgehead atoms. The summed E-state index contributed by atoms with van der Waals surface area (Å²) in [6.45, 7) is -0.523. The summed E-state index contributed by atoms with van der Waals surface area (Å²) in [4.78, 5) is 12.2. The number of likely N-dealkylation sites (tertiary alicyclic amines) is 1. The van der Waals surface area contributed by atoms with Gasteiger partial charge in [0.15, 0.2) is 0 Å². The van der Waals surface area contributed by atoms with Gasteiger partial charge in [-0.2, -0.15) is 0 Å². The second-order valence-corrected chi connectivity index (χ2v) is 4.13. The maximum absolute atomic E-state index is 11.1. The van der Waals surface area contributed by atoms with Gasteiger partial charge in [0.1, 0.15) is 18.3 Å². The van der Waals surface area contributed by atoms with Gasteiger partial charge in [-0.3, -0.25) is 4.79 Å². The minimum absolute atomic E-state index is 0.0781. The number of carbonyl (C=O) groups is 1. The number of halogens is 1.